The molecule has 0 bridgehead atoms. The summed E-state index contributed by atoms with van der Waals surface area (Å²) in [5.74, 6) is -0.308. The van der Waals surface area contributed by atoms with E-state index >= 15 is 0 Å². The quantitative estimate of drug-likeness (QED) is 0.891. The first-order chi connectivity index (χ1) is 8.59. The van der Waals surface area contributed by atoms with Gasteiger partial charge in [-0.3, -0.25) is 4.79 Å². The highest BCUT2D eigenvalue weighted by molar-refractivity contribution is 6.39. The second-order valence-electron chi connectivity index (χ2n) is 4.45. The van der Waals surface area contributed by atoms with Gasteiger partial charge < -0.3 is 5.32 Å². The molecule has 3 nitrogen and oxygen atoms in total. The van der Waals surface area contributed by atoms with Crippen LogP contribution < -0.4 is 5.32 Å². The highest BCUT2D eigenvalue weighted by atomic mass is 35.5. The third-order valence-electron chi connectivity index (χ3n) is 3.31. The van der Waals surface area contributed by atoms with Gasteiger partial charge in [0.05, 0.1) is 21.8 Å². The molecule has 2 rings (SSSR count). The SMILES string of the molecule is N#CC1(C(=O)Nc2c(Cl)cccc2Cl)CCCC1. The number of carbonyl (C=O) groups is 1. The molecule has 0 heterocycles. The number of benzene rings is 1. The van der Waals surface area contributed by atoms with Crippen LogP contribution in [0.3, 0.4) is 0 Å². The van der Waals surface area contributed by atoms with Gasteiger partial charge in [0, 0.05) is 0 Å². The summed E-state index contributed by atoms with van der Waals surface area (Å²) in [5, 5.41) is 12.7. The van der Waals surface area contributed by atoms with Crippen molar-refractivity contribution in [1.82, 2.24) is 0 Å². The fraction of sp³-hybridized carbons (Fsp3) is 0.385. The summed E-state index contributed by atoms with van der Waals surface area (Å²) in [7, 11) is 0. The topological polar surface area (TPSA) is 52.9 Å². The molecule has 1 fully saturated rings. The van der Waals surface area contributed by atoms with Gasteiger partial charge in [-0.15, -0.1) is 0 Å². The third kappa shape index (κ3) is 2.31. The van der Waals surface area contributed by atoms with Crippen molar-refractivity contribution in [3.8, 4) is 6.07 Å². The van der Waals surface area contributed by atoms with Crippen LogP contribution in [0.4, 0.5) is 5.69 Å². The first-order valence-electron chi connectivity index (χ1n) is 5.76. The molecule has 0 radical (unpaired) electrons. The molecular formula is C13H12Cl2N2O. The van der Waals surface area contributed by atoms with Crippen LogP contribution in [0.5, 0.6) is 0 Å². The second kappa shape index (κ2) is 5.17. The maximum atomic E-state index is 12.2. The van der Waals surface area contributed by atoms with Crippen molar-refractivity contribution in [2.24, 2.45) is 5.41 Å². The number of rotatable bonds is 2. The van der Waals surface area contributed by atoms with E-state index in [0.717, 1.165) is 12.8 Å². The van der Waals surface area contributed by atoms with E-state index in [9.17, 15) is 10.1 Å². The Labute approximate surface area is 116 Å². The predicted molar refractivity (Wildman–Crippen MR) is 71.6 cm³/mol. The van der Waals surface area contributed by atoms with Crippen LogP contribution in [-0.4, -0.2) is 5.91 Å². The highest BCUT2D eigenvalue weighted by Gasteiger charge is 2.41. The lowest BCUT2D eigenvalue weighted by Gasteiger charge is -2.20. The normalized spacial score (nSPS) is 17.2. The molecule has 1 aliphatic carbocycles. The summed E-state index contributed by atoms with van der Waals surface area (Å²) >= 11 is 12.0. The van der Waals surface area contributed by atoms with E-state index in [4.69, 9.17) is 23.2 Å². The minimum atomic E-state index is -0.928. The van der Waals surface area contributed by atoms with E-state index in [1.165, 1.54) is 0 Å². The molecular weight excluding hydrogens is 271 g/mol. The first kappa shape index (κ1) is 13.2. The molecule has 18 heavy (non-hydrogen) atoms. The van der Waals surface area contributed by atoms with Crippen molar-refractivity contribution in [2.75, 3.05) is 5.32 Å². The van der Waals surface area contributed by atoms with E-state index in [-0.39, 0.29) is 5.91 Å². The van der Waals surface area contributed by atoms with E-state index in [0.29, 0.717) is 28.6 Å². The number of halogens is 2. The smallest absolute Gasteiger partial charge is 0.244 e. The van der Waals surface area contributed by atoms with Crippen LogP contribution >= 0.6 is 23.2 Å². The number of hydrogen-bond acceptors (Lipinski definition) is 2. The van der Waals surface area contributed by atoms with Gasteiger partial charge in [-0.1, -0.05) is 42.1 Å². The molecule has 0 unspecified atom stereocenters. The molecule has 94 valence electrons. The van der Waals surface area contributed by atoms with Crippen molar-refractivity contribution in [3.05, 3.63) is 28.2 Å². The van der Waals surface area contributed by atoms with Crippen LogP contribution in [0.2, 0.25) is 10.0 Å². The molecule has 1 aromatic rings. The Kier molecular flexibility index (Phi) is 3.79. The molecule has 0 spiro atoms. The number of amides is 1. The first-order valence-corrected chi connectivity index (χ1v) is 6.51. The minimum Gasteiger partial charge on any atom is -0.322 e. The van der Waals surface area contributed by atoms with Crippen LogP contribution in [-0.2, 0) is 4.79 Å². The molecule has 1 saturated carbocycles. The van der Waals surface area contributed by atoms with Crippen LogP contribution in [0.15, 0.2) is 18.2 Å². The van der Waals surface area contributed by atoms with Gasteiger partial charge >= 0.3 is 0 Å². The molecule has 0 saturated heterocycles. The largest absolute Gasteiger partial charge is 0.322 e. The maximum Gasteiger partial charge on any atom is 0.244 e. The molecule has 5 heteroatoms. The Morgan fingerprint density at radius 3 is 2.33 bits per heavy atom. The van der Waals surface area contributed by atoms with Gasteiger partial charge in [-0.2, -0.15) is 5.26 Å². The van der Waals surface area contributed by atoms with Crippen LogP contribution in [0.25, 0.3) is 0 Å². The lowest BCUT2D eigenvalue weighted by Crippen LogP contribution is -2.32. The van der Waals surface area contributed by atoms with Crippen LogP contribution in [0, 0.1) is 16.7 Å². The Balaban J connectivity index is 2.24. The predicted octanol–water partition coefficient (Wildman–Crippen LogP) is 4.02. The van der Waals surface area contributed by atoms with Crippen molar-refractivity contribution < 1.29 is 4.79 Å². The molecule has 0 atom stereocenters. The fourth-order valence-corrected chi connectivity index (χ4v) is 2.71. The molecule has 1 aliphatic rings. The minimum absolute atomic E-state index is 0.308. The molecule has 0 aliphatic heterocycles. The zero-order valence-electron chi connectivity index (χ0n) is 9.67. The highest BCUT2D eigenvalue weighted by Crippen LogP contribution is 2.39. The average molecular weight is 283 g/mol. The Bertz CT molecular complexity index is 496. The summed E-state index contributed by atoms with van der Waals surface area (Å²) in [5.41, 5.74) is -0.546. The zero-order chi connectivity index (χ0) is 13.2. The maximum absolute atomic E-state index is 12.2. The van der Waals surface area contributed by atoms with E-state index in [2.05, 4.69) is 11.4 Å². The summed E-state index contributed by atoms with van der Waals surface area (Å²) in [6.45, 7) is 0. The van der Waals surface area contributed by atoms with Crippen molar-refractivity contribution in [1.29, 1.82) is 5.26 Å². The number of nitrogens with one attached hydrogen (secondary N) is 1. The Hall–Kier alpha value is -1.24. The number of anilines is 1. The number of nitriles is 1. The van der Waals surface area contributed by atoms with Gasteiger partial charge in [0.2, 0.25) is 5.91 Å². The second-order valence-corrected chi connectivity index (χ2v) is 5.27. The van der Waals surface area contributed by atoms with Gasteiger partial charge in [-0.25, -0.2) is 0 Å². The zero-order valence-corrected chi connectivity index (χ0v) is 11.2. The third-order valence-corrected chi connectivity index (χ3v) is 3.94. The van der Waals surface area contributed by atoms with Crippen molar-refractivity contribution in [2.45, 2.75) is 25.7 Å². The fourth-order valence-electron chi connectivity index (χ4n) is 2.22. The number of para-hydroxylation sites is 1. The average Bonchev–Trinajstić information content (AvgIpc) is 2.84. The van der Waals surface area contributed by atoms with E-state index < -0.39 is 5.41 Å². The number of carbonyl (C=O) groups excluding carboxylic acids is 1. The van der Waals surface area contributed by atoms with E-state index in [1.807, 2.05) is 0 Å². The van der Waals surface area contributed by atoms with Gasteiger partial charge in [0.25, 0.3) is 0 Å². The van der Waals surface area contributed by atoms with Gasteiger partial charge in [-0.05, 0) is 25.0 Å². The molecule has 1 amide bonds. The summed E-state index contributed by atoms with van der Waals surface area (Å²) in [4.78, 5) is 12.2. The van der Waals surface area contributed by atoms with Crippen LogP contribution in [0.1, 0.15) is 25.7 Å². The number of nitrogens with zero attached hydrogens (tertiary/aromatic N) is 1. The summed E-state index contributed by atoms with van der Waals surface area (Å²) in [6.07, 6.45) is 2.99. The Morgan fingerprint density at radius 2 is 1.83 bits per heavy atom. The molecule has 1 aromatic carbocycles. The number of hydrogen-bond donors (Lipinski definition) is 1. The monoisotopic (exact) mass is 282 g/mol. The standard InChI is InChI=1S/C13H12Cl2N2O/c14-9-4-3-5-10(15)11(9)17-12(18)13(8-16)6-1-2-7-13/h3-5H,1-2,6-7H2,(H,17,18). The van der Waals surface area contributed by atoms with E-state index in [1.54, 1.807) is 18.2 Å². The van der Waals surface area contributed by atoms with Crippen molar-refractivity contribution >= 4 is 34.8 Å². The summed E-state index contributed by atoms with van der Waals surface area (Å²) < 4.78 is 0. The van der Waals surface area contributed by atoms with Gasteiger partial charge in [0.15, 0.2) is 0 Å². The van der Waals surface area contributed by atoms with Gasteiger partial charge in [0.1, 0.15) is 5.41 Å². The lowest BCUT2D eigenvalue weighted by atomic mass is 9.87. The molecule has 0 aromatic heterocycles. The summed E-state index contributed by atoms with van der Waals surface area (Å²) in [6, 6.07) is 7.14. The van der Waals surface area contributed by atoms with Crippen molar-refractivity contribution in [3.63, 3.8) is 0 Å². The Morgan fingerprint density at radius 1 is 1.28 bits per heavy atom. The lowest BCUT2D eigenvalue weighted by molar-refractivity contribution is -0.122. The molecule has 1 N–H and O–H groups in total.